The average Bonchev–Trinajstić information content (AvgIpc) is 2.69. The third-order valence-electron chi connectivity index (χ3n) is 4.28. The fourth-order valence-corrected chi connectivity index (χ4v) is 2.75. The lowest BCUT2D eigenvalue weighted by Crippen LogP contribution is -2.23. The third kappa shape index (κ3) is 5.52. The van der Waals surface area contributed by atoms with Gasteiger partial charge in [0.1, 0.15) is 19.0 Å². The molecule has 0 saturated carbocycles. The van der Waals surface area contributed by atoms with Gasteiger partial charge in [-0.1, -0.05) is 35.9 Å². The van der Waals surface area contributed by atoms with Gasteiger partial charge in [0, 0.05) is 17.4 Å². The lowest BCUT2D eigenvalue weighted by molar-refractivity contribution is -0.116. The molecule has 0 aliphatic rings. The predicted octanol–water partition coefficient (Wildman–Crippen LogP) is 3.01. The Morgan fingerprint density at radius 1 is 1.17 bits per heavy atom. The van der Waals surface area contributed by atoms with Crippen LogP contribution in [0.3, 0.4) is 0 Å². The normalized spacial score (nSPS) is 10.6. The number of halogens is 1. The summed E-state index contributed by atoms with van der Waals surface area (Å²) in [6.07, 6.45) is 1.40. The molecule has 0 atom stereocenters. The zero-order valence-corrected chi connectivity index (χ0v) is 15.9. The number of rotatable bonds is 7. The summed E-state index contributed by atoms with van der Waals surface area (Å²) in [5.74, 6) is -0.825. The van der Waals surface area contributed by atoms with E-state index in [4.69, 9.17) is 4.74 Å². The standard InChI is InChI=1S/C22H21FN2O4/c1-15-5-7-16(8-6-15)14-29-21-11-25(19(13-26)10-20(21)27)12-22(28)24-18-4-2-3-17(23)9-18/h2-11,26H,12-14H2,1H3,(H,24,28). The number of hydrogen-bond donors (Lipinski definition) is 2. The molecule has 1 amide bonds. The van der Waals surface area contributed by atoms with Gasteiger partial charge in [0.2, 0.25) is 11.3 Å². The van der Waals surface area contributed by atoms with E-state index in [2.05, 4.69) is 5.32 Å². The summed E-state index contributed by atoms with van der Waals surface area (Å²) >= 11 is 0. The lowest BCUT2D eigenvalue weighted by Gasteiger charge is -2.14. The molecule has 0 saturated heterocycles. The van der Waals surface area contributed by atoms with Crippen molar-refractivity contribution in [2.24, 2.45) is 0 Å². The Balaban J connectivity index is 1.74. The van der Waals surface area contributed by atoms with Gasteiger partial charge in [-0.25, -0.2) is 4.39 Å². The highest BCUT2D eigenvalue weighted by atomic mass is 19.1. The van der Waals surface area contributed by atoms with Crippen molar-refractivity contribution in [2.45, 2.75) is 26.7 Å². The molecule has 0 unspecified atom stereocenters. The quantitative estimate of drug-likeness (QED) is 0.643. The summed E-state index contributed by atoms with van der Waals surface area (Å²) in [4.78, 5) is 24.6. The predicted molar refractivity (Wildman–Crippen MR) is 107 cm³/mol. The van der Waals surface area contributed by atoms with Crippen LogP contribution in [0.4, 0.5) is 10.1 Å². The Labute approximate surface area is 167 Å². The number of carbonyl (C=O) groups excluding carboxylic acids is 1. The van der Waals surface area contributed by atoms with E-state index in [9.17, 15) is 19.1 Å². The van der Waals surface area contributed by atoms with Gasteiger partial charge >= 0.3 is 0 Å². The van der Waals surface area contributed by atoms with Crippen molar-refractivity contribution in [1.29, 1.82) is 0 Å². The number of carbonyl (C=O) groups is 1. The van der Waals surface area contributed by atoms with Crippen molar-refractivity contribution < 1.29 is 19.0 Å². The molecule has 3 aromatic rings. The highest BCUT2D eigenvalue weighted by Gasteiger charge is 2.11. The van der Waals surface area contributed by atoms with Crippen molar-refractivity contribution in [3.8, 4) is 5.75 Å². The van der Waals surface area contributed by atoms with Crippen LogP contribution in [0.1, 0.15) is 16.8 Å². The molecule has 0 fully saturated rings. The average molecular weight is 396 g/mol. The zero-order valence-electron chi connectivity index (χ0n) is 15.9. The molecule has 2 N–H and O–H groups in total. The van der Waals surface area contributed by atoms with Crippen molar-refractivity contribution in [3.63, 3.8) is 0 Å². The maximum absolute atomic E-state index is 13.3. The van der Waals surface area contributed by atoms with Crippen LogP contribution >= 0.6 is 0 Å². The molecule has 0 aliphatic heterocycles. The molecule has 1 aromatic heterocycles. The van der Waals surface area contributed by atoms with Gasteiger partial charge in [0.15, 0.2) is 5.75 Å². The summed E-state index contributed by atoms with van der Waals surface area (Å²) < 4.78 is 20.3. The van der Waals surface area contributed by atoms with Crippen molar-refractivity contribution >= 4 is 11.6 Å². The summed E-state index contributed by atoms with van der Waals surface area (Å²) in [5, 5.41) is 12.1. The smallest absolute Gasteiger partial charge is 0.244 e. The molecular formula is C22H21FN2O4. The molecule has 0 spiro atoms. The van der Waals surface area contributed by atoms with E-state index in [0.717, 1.165) is 11.1 Å². The molecule has 0 aliphatic carbocycles. The third-order valence-corrected chi connectivity index (χ3v) is 4.28. The number of aliphatic hydroxyl groups excluding tert-OH is 1. The van der Waals surface area contributed by atoms with Crippen LogP contribution in [0.2, 0.25) is 0 Å². The van der Waals surface area contributed by atoms with E-state index >= 15 is 0 Å². The van der Waals surface area contributed by atoms with Crippen LogP contribution in [0.25, 0.3) is 0 Å². The van der Waals surface area contributed by atoms with Gasteiger partial charge in [-0.3, -0.25) is 9.59 Å². The first-order chi connectivity index (χ1) is 13.9. The van der Waals surface area contributed by atoms with Crippen molar-refractivity contribution in [3.05, 3.63) is 93.7 Å². The van der Waals surface area contributed by atoms with E-state index < -0.39 is 18.3 Å². The van der Waals surface area contributed by atoms with Gasteiger partial charge in [0.05, 0.1) is 12.8 Å². The fourth-order valence-electron chi connectivity index (χ4n) is 2.75. The first-order valence-electron chi connectivity index (χ1n) is 9.02. The van der Waals surface area contributed by atoms with Crippen LogP contribution in [-0.4, -0.2) is 15.6 Å². The number of aryl methyl sites for hydroxylation is 1. The summed E-state index contributed by atoms with van der Waals surface area (Å²) in [6.45, 7) is 1.59. The van der Waals surface area contributed by atoms with E-state index in [0.29, 0.717) is 5.69 Å². The first kappa shape index (κ1) is 20.3. The fraction of sp³-hybridized carbons (Fsp3) is 0.182. The van der Waals surface area contributed by atoms with E-state index in [-0.39, 0.29) is 30.0 Å². The molecule has 0 radical (unpaired) electrons. The number of benzene rings is 2. The van der Waals surface area contributed by atoms with Gasteiger partial charge in [-0.15, -0.1) is 0 Å². The molecule has 6 nitrogen and oxygen atoms in total. The van der Waals surface area contributed by atoms with Gasteiger partial charge < -0.3 is 19.7 Å². The highest BCUT2D eigenvalue weighted by molar-refractivity contribution is 5.90. The van der Waals surface area contributed by atoms with Gasteiger partial charge in [-0.05, 0) is 30.7 Å². The Hall–Kier alpha value is -3.45. The molecule has 7 heteroatoms. The molecule has 29 heavy (non-hydrogen) atoms. The number of anilines is 1. The zero-order chi connectivity index (χ0) is 20.8. The SMILES string of the molecule is Cc1ccc(COc2cn(CC(=O)Nc3cccc(F)c3)c(CO)cc2=O)cc1. The lowest BCUT2D eigenvalue weighted by atomic mass is 10.2. The molecule has 0 bridgehead atoms. The Morgan fingerprint density at radius 3 is 2.62 bits per heavy atom. The second kappa shape index (κ2) is 9.16. The van der Waals surface area contributed by atoms with Crippen LogP contribution in [0.5, 0.6) is 5.75 Å². The number of pyridine rings is 1. The second-order valence-corrected chi connectivity index (χ2v) is 6.61. The maximum atomic E-state index is 13.3. The number of aliphatic hydroxyl groups is 1. The maximum Gasteiger partial charge on any atom is 0.244 e. The summed E-state index contributed by atoms with van der Waals surface area (Å²) in [7, 11) is 0. The Bertz CT molecular complexity index is 1060. The van der Waals surface area contributed by atoms with E-state index in [1.54, 1.807) is 6.07 Å². The first-order valence-corrected chi connectivity index (χ1v) is 9.02. The highest BCUT2D eigenvalue weighted by Crippen LogP contribution is 2.13. The van der Waals surface area contributed by atoms with Crippen LogP contribution in [0, 0.1) is 12.7 Å². The topological polar surface area (TPSA) is 80.6 Å². The molecular weight excluding hydrogens is 375 g/mol. The van der Waals surface area contributed by atoms with Crippen LogP contribution < -0.4 is 15.5 Å². The monoisotopic (exact) mass is 396 g/mol. The van der Waals surface area contributed by atoms with Crippen molar-refractivity contribution in [2.75, 3.05) is 5.32 Å². The number of ether oxygens (including phenoxy) is 1. The second-order valence-electron chi connectivity index (χ2n) is 6.61. The minimum atomic E-state index is -0.464. The largest absolute Gasteiger partial charge is 0.483 e. The van der Waals surface area contributed by atoms with Crippen molar-refractivity contribution in [1.82, 2.24) is 4.57 Å². The Morgan fingerprint density at radius 2 is 1.93 bits per heavy atom. The van der Waals surface area contributed by atoms with Gasteiger partial charge in [0.25, 0.3) is 0 Å². The minimum absolute atomic E-state index is 0.0707. The number of aromatic nitrogens is 1. The van der Waals surface area contributed by atoms with Crippen LogP contribution in [-0.2, 0) is 24.6 Å². The number of hydrogen-bond acceptors (Lipinski definition) is 4. The minimum Gasteiger partial charge on any atom is -0.483 e. The molecule has 150 valence electrons. The Kier molecular flexibility index (Phi) is 6.41. The van der Waals surface area contributed by atoms with Crippen LogP contribution in [0.15, 0.2) is 65.6 Å². The number of amides is 1. The molecule has 2 aromatic carbocycles. The number of nitrogens with one attached hydrogen (secondary N) is 1. The van der Waals surface area contributed by atoms with Gasteiger partial charge in [-0.2, -0.15) is 0 Å². The molecule has 3 rings (SSSR count). The summed E-state index contributed by atoms with van der Waals surface area (Å²) in [5.41, 5.74) is 2.22. The van der Waals surface area contributed by atoms with E-state index in [1.807, 2.05) is 31.2 Å². The number of nitrogens with zero attached hydrogens (tertiary/aromatic N) is 1. The van der Waals surface area contributed by atoms with E-state index in [1.165, 1.54) is 35.0 Å². The molecule has 1 heterocycles. The summed E-state index contributed by atoms with van der Waals surface area (Å²) in [6, 6.07) is 14.5.